The first-order valence-electron chi connectivity index (χ1n) is 8.48. The van der Waals surface area contributed by atoms with Gasteiger partial charge in [0.1, 0.15) is 12.4 Å². The minimum absolute atomic E-state index is 0.109. The van der Waals surface area contributed by atoms with Crippen LogP contribution in [0.1, 0.15) is 16.8 Å². The zero-order valence-corrected chi connectivity index (χ0v) is 16.5. The van der Waals surface area contributed by atoms with E-state index in [9.17, 15) is 4.79 Å². The van der Waals surface area contributed by atoms with Crippen LogP contribution in [0.5, 0.6) is 5.75 Å². The van der Waals surface area contributed by atoms with Crippen molar-refractivity contribution >= 4 is 27.9 Å². The Morgan fingerprint density at radius 2 is 1.81 bits per heavy atom. The molecule has 136 valence electrons. The fourth-order valence-electron chi connectivity index (χ4n) is 3.00. The van der Waals surface area contributed by atoms with Crippen molar-refractivity contribution < 1.29 is 4.74 Å². The molecule has 0 radical (unpaired) electrons. The molecule has 0 spiro atoms. The van der Waals surface area contributed by atoms with Crippen LogP contribution < -0.4 is 10.3 Å². The maximum Gasteiger partial charge on any atom is 0.259 e. The summed E-state index contributed by atoms with van der Waals surface area (Å²) in [6.07, 6.45) is 0. The van der Waals surface area contributed by atoms with E-state index in [4.69, 9.17) is 16.3 Å². The second kappa shape index (κ2) is 7.18. The average molecular weight is 397 g/mol. The van der Waals surface area contributed by atoms with E-state index in [1.807, 2.05) is 61.7 Å². The lowest BCUT2D eigenvalue weighted by Gasteiger charge is -2.10. The van der Waals surface area contributed by atoms with Crippen LogP contribution in [0.25, 0.3) is 16.2 Å². The summed E-state index contributed by atoms with van der Waals surface area (Å²) < 4.78 is 7.48. The molecular weight excluding hydrogens is 380 g/mol. The number of halogens is 1. The third-order valence-corrected chi connectivity index (χ3v) is 5.75. The van der Waals surface area contributed by atoms with Crippen LogP contribution in [0.4, 0.5) is 0 Å². The Kier molecular flexibility index (Phi) is 4.72. The summed E-state index contributed by atoms with van der Waals surface area (Å²) in [7, 11) is 0. The lowest BCUT2D eigenvalue weighted by Crippen LogP contribution is -2.15. The van der Waals surface area contributed by atoms with Gasteiger partial charge in [-0.05, 0) is 42.7 Å². The highest BCUT2D eigenvalue weighted by Crippen LogP contribution is 2.27. The Morgan fingerprint density at radius 3 is 2.52 bits per heavy atom. The molecule has 0 aliphatic heterocycles. The lowest BCUT2D eigenvalue weighted by molar-refractivity contribution is 0.301. The van der Waals surface area contributed by atoms with E-state index in [2.05, 4.69) is 4.98 Å². The van der Waals surface area contributed by atoms with Crippen molar-refractivity contribution in [3.8, 4) is 17.0 Å². The molecule has 0 saturated heterocycles. The van der Waals surface area contributed by atoms with Crippen LogP contribution in [-0.2, 0) is 6.61 Å². The molecule has 0 amide bonds. The van der Waals surface area contributed by atoms with Crippen LogP contribution in [0, 0.1) is 13.8 Å². The van der Waals surface area contributed by atoms with E-state index >= 15 is 0 Å². The highest BCUT2D eigenvalue weighted by Gasteiger charge is 2.11. The van der Waals surface area contributed by atoms with E-state index in [1.54, 1.807) is 4.40 Å². The summed E-state index contributed by atoms with van der Waals surface area (Å²) in [6, 6.07) is 15.1. The zero-order chi connectivity index (χ0) is 19.0. The van der Waals surface area contributed by atoms with Crippen LogP contribution in [0.15, 0.2) is 58.7 Å². The van der Waals surface area contributed by atoms with Gasteiger partial charge in [0, 0.05) is 16.5 Å². The monoisotopic (exact) mass is 396 g/mol. The van der Waals surface area contributed by atoms with Crippen LogP contribution in [0.2, 0.25) is 5.02 Å². The largest absolute Gasteiger partial charge is 0.487 e. The van der Waals surface area contributed by atoms with Gasteiger partial charge in [0.15, 0.2) is 4.96 Å². The van der Waals surface area contributed by atoms with Crippen molar-refractivity contribution in [1.82, 2.24) is 9.38 Å². The van der Waals surface area contributed by atoms with Gasteiger partial charge in [0.05, 0.1) is 11.4 Å². The highest BCUT2D eigenvalue weighted by molar-refractivity contribution is 7.15. The van der Waals surface area contributed by atoms with E-state index in [0.717, 1.165) is 27.4 Å². The highest BCUT2D eigenvalue weighted by atomic mass is 35.5. The molecular formula is C21H17ClN2O2S. The lowest BCUT2D eigenvalue weighted by atomic mass is 10.1. The Balaban J connectivity index is 1.64. The zero-order valence-electron chi connectivity index (χ0n) is 14.9. The van der Waals surface area contributed by atoms with E-state index in [-0.39, 0.29) is 12.2 Å². The van der Waals surface area contributed by atoms with E-state index in [1.165, 1.54) is 17.4 Å². The molecule has 4 nitrogen and oxygen atoms in total. The molecule has 0 N–H and O–H groups in total. The molecule has 0 bridgehead atoms. The van der Waals surface area contributed by atoms with Crippen LogP contribution in [-0.4, -0.2) is 9.38 Å². The van der Waals surface area contributed by atoms with E-state index < -0.39 is 0 Å². The molecule has 0 unspecified atom stereocenters. The van der Waals surface area contributed by atoms with Crippen molar-refractivity contribution in [2.75, 3.05) is 0 Å². The first kappa shape index (κ1) is 17.8. The van der Waals surface area contributed by atoms with E-state index in [0.29, 0.717) is 16.4 Å². The van der Waals surface area contributed by atoms with Crippen LogP contribution >= 0.6 is 22.9 Å². The van der Waals surface area contributed by atoms with Gasteiger partial charge in [-0.2, -0.15) is 0 Å². The summed E-state index contributed by atoms with van der Waals surface area (Å²) >= 11 is 7.64. The molecule has 4 rings (SSSR count). The number of benzene rings is 2. The number of nitrogens with zero attached hydrogens (tertiary/aromatic N) is 2. The number of rotatable bonds is 4. The van der Waals surface area contributed by atoms with Gasteiger partial charge in [-0.1, -0.05) is 41.9 Å². The van der Waals surface area contributed by atoms with Gasteiger partial charge in [-0.25, -0.2) is 4.98 Å². The third kappa shape index (κ3) is 3.48. The van der Waals surface area contributed by atoms with Crippen molar-refractivity contribution in [2.24, 2.45) is 0 Å². The summed E-state index contributed by atoms with van der Waals surface area (Å²) in [5.74, 6) is 0.715. The first-order valence-corrected chi connectivity index (χ1v) is 9.74. The Bertz CT molecular complexity index is 1160. The molecule has 0 saturated carbocycles. The second-order valence-corrected chi connectivity index (χ2v) is 7.56. The standard InChI is InChI=1S/C21H17ClN2O2S/c1-13-8-17(9-14(2)20(13)22)26-11-16-10-19(25)24-18(12-27-21(24)23-16)15-6-4-3-5-7-15/h3-10,12H,11H2,1-2H3. The molecule has 2 aromatic heterocycles. The Morgan fingerprint density at radius 1 is 1.11 bits per heavy atom. The summed E-state index contributed by atoms with van der Waals surface area (Å²) in [5, 5.41) is 2.70. The maximum atomic E-state index is 12.7. The molecule has 0 aliphatic rings. The number of hydrogen-bond acceptors (Lipinski definition) is 4. The van der Waals surface area contributed by atoms with Gasteiger partial charge in [-0.15, -0.1) is 11.3 Å². The van der Waals surface area contributed by atoms with Gasteiger partial charge in [0.2, 0.25) is 0 Å². The smallest absolute Gasteiger partial charge is 0.259 e. The third-order valence-electron chi connectivity index (χ3n) is 4.32. The van der Waals surface area contributed by atoms with Crippen molar-refractivity contribution in [3.05, 3.63) is 86.1 Å². The molecule has 4 aromatic rings. The molecule has 6 heteroatoms. The quantitative estimate of drug-likeness (QED) is 0.471. The predicted octanol–water partition coefficient (Wildman–Crippen LogP) is 5.27. The number of fused-ring (bicyclic) bond motifs is 1. The average Bonchev–Trinajstić information content (AvgIpc) is 3.09. The Labute approximate surface area is 165 Å². The van der Waals surface area contributed by atoms with Crippen molar-refractivity contribution in [3.63, 3.8) is 0 Å². The summed E-state index contributed by atoms with van der Waals surface area (Å²) in [4.78, 5) is 17.9. The molecule has 2 heterocycles. The van der Waals surface area contributed by atoms with Gasteiger partial charge in [0.25, 0.3) is 5.56 Å². The SMILES string of the molecule is Cc1cc(OCc2cc(=O)n3c(-c4ccccc4)csc3n2)cc(C)c1Cl. The normalized spacial score (nSPS) is 11.1. The summed E-state index contributed by atoms with van der Waals surface area (Å²) in [5.41, 5.74) is 4.25. The van der Waals surface area contributed by atoms with Gasteiger partial charge < -0.3 is 4.74 Å². The van der Waals surface area contributed by atoms with Crippen LogP contribution in [0.3, 0.4) is 0 Å². The second-order valence-electron chi connectivity index (χ2n) is 6.35. The predicted molar refractivity (Wildman–Crippen MR) is 110 cm³/mol. The van der Waals surface area contributed by atoms with Crippen molar-refractivity contribution in [1.29, 1.82) is 0 Å². The molecule has 0 fully saturated rings. The maximum absolute atomic E-state index is 12.7. The minimum Gasteiger partial charge on any atom is -0.487 e. The number of aryl methyl sites for hydroxylation is 2. The number of hydrogen-bond donors (Lipinski definition) is 0. The van der Waals surface area contributed by atoms with Crippen molar-refractivity contribution in [2.45, 2.75) is 20.5 Å². The Hall–Kier alpha value is -2.63. The number of aromatic nitrogens is 2. The first-order chi connectivity index (χ1) is 13.0. The molecule has 0 atom stereocenters. The number of thiazole rings is 1. The summed E-state index contributed by atoms with van der Waals surface area (Å²) in [6.45, 7) is 4.11. The molecule has 2 aromatic carbocycles. The topological polar surface area (TPSA) is 43.6 Å². The minimum atomic E-state index is -0.109. The van der Waals surface area contributed by atoms with Gasteiger partial charge >= 0.3 is 0 Å². The fraction of sp³-hybridized carbons (Fsp3) is 0.143. The number of ether oxygens (including phenoxy) is 1. The molecule has 0 aliphatic carbocycles. The van der Waals surface area contributed by atoms with Gasteiger partial charge in [-0.3, -0.25) is 9.20 Å². The fourth-order valence-corrected chi connectivity index (χ4v) is 4.03. The molecule has 27 heavy (non-hydrogen) atoms.